The fourth-order valence-corrected chi connectivity index (χ4v) is 5.75. The first-order chi connectivity index (χ1) is 18.4. The normalized spacial score (nSPS) is 18.0. The minimum absolute atomic E-state index is 0.152. The molecule has 1 fully saturated rings. The Labute approximate surface area is 230 Å². The van der Waals surface area contributed by atoms with Crippen molar-refractivity contribution in [3.05, 3.63) is 101 Å². The topological polar surface area (TPSA) is 48.6 Å². The molecule has 4 aromatic rings. The van der Waals surface area contributed by atoms with Crippen LogP contribution in [0.5, 0.6) is 5.75 Å². The number of carbonyl (C=O) groups excluding carboxylic acids is 1. The van der Waals surface area contributed by atoms with E-state index in [0.717, 1.165) is 59.9 Å². The van der Waals surface area contributed by atoms with Crippen molar-refractivity contribution in [2.24, 2.45) is 5.41 Å². The van der Waals surface area contributed by atoms with Gasteiger partial charge in [-0.1, -0.05) is 54.1 Å². The number of rotatable bonds is 9. The zero-order valence-electron chi connectivity index (χ0n) is 22.3. The quantitative estimate of drug-likeness (QED) is 0.258. The van der Waals surface area contributed by atoms with Gasteiger partial charge in [0.1, 0.15) is 5.75 Å². The summed E-state index contributed by atoms with van der Waals surface area (Å²) >= 11 is 6.24. The van der Waals surface area contributed by atoms with Gasteiger partial charge in [0, 0.05) is 60.6 Å². The summed E-state index contributed by atoms with van der Waals surface area (Å²) in [6.07, 6.45) is 4.43. The van der Waals surface area contributed by atoms with Gasteiger partial charge in [0.25, 0.3) is 0 Å². The number of aryl methyl sites for hydroxylation is 1. The third-order valence-corrected chi connectivity index (χ3v) is 8.13. The van der Waals surface area contributed by atoms with Crippen molar-refractivity contribution in [3.63, 3.8) is 0 Å². The Balaban J connectivity index is 1.34. The molecular formula is C32H36ClN3O2. The first-order valence-corrected chi connectivity index (χ1v) is 13.7. The third-order valence-electron chi connectivity index (χ3n) is 7.71. The average Bonchev–Trinajstić information content (AvgIpc) is 3.40. The number of nitrogens with zero attached hydrogens (tertiary/aromatic N) is 2. The number of aromatic amines is 1. The van der Waals surface area contributed by atoms with Crippen molar-refractivity contribution in [1.82, 2.24) is 14.8 Å². The lowest BCUT2D eigenvalue weighted by atomic mass is 9.77. The van der Waals surface area contributed by atoms with Gasteiger partial charge in [-0.25, -0.2) is 0 Å². The Morgan fingerprint density at radius 1 is 1.11 bits per heavy atom. The highest BCUT2D eigenvalue weighted by molar-refractivity contribution is 6.31. The Hall–Kier alpha value is -3.28. The van der Waals surface area contributed by atoms with Crippen LogP contribution in [0.25, 0.3) is 10.9 Å². The fourth-order valence-electron chi connectivity index (χ4n) is 5.63. The molecule has 0 saturated carbocycles. The minimum atomic E-state index is -0.278. The van der Waals surface area contributed by atoms with Crippen LogP contribution in [-0.4, -0.2) is 47.4 Å². The van der Waals surface area contributed by atoms with E-state index in [1.54, 1.807) is 0 Å². The maximum absolute atomic E-state index is 13.6. The first kappa shape index (κ1) is 26.3. The van der Waals surface area contributed by atoms with E-state index in [1.165, 1.54) is 10.9 Å². The Morgan fingerprint density at radius 3 is 2.76 bits per heavy atom. The van der Waals surface area contributed by atoms with Crippen molar-refractivity contribution in [1.29, 1.82) is 0 Å². The largest absolute Gasteiger partial charge is 0.493 e. The summed E-state index contributed by atoms with van der Waals surface area (Å²) in [7, 11) is 1.90. The molecule has 0 aliphatic carbocycles. The van der Waals surface area contributed by atoms with E-state index in [4.69, 9.17) is 16.3 Å². The molecule has 0 spiro atoms. The molecule has 6 heteroatoms. The molecule has 5 rings (SSSR count). The number of hydrogen-bond acceptors (Lipinski definition) is 3. The van der Waals surface area contributed by atoms with E-state index >= 15 is 0 Å². The van der Waals surface area contributed by atoms with Crippen LogP contribution in [0.1, 0.15) is 36.0 Å². The number of H-pyrrole nitrogens is 1. The van der Waals surface area contributed by atoms with Crippen LogP contribution in [0.3, 0.4) is 0 Å². The lowest BCUT2D eigenvalue weighted by molar-refractivity contribution is -0.135. The number of hydrogen-bond donors (Lipinski definition) is 1. The monoisotopic (exact) mass is 529 g/mol. The highest BCUT2D eigenvalue weighted by atomic mass is 35.5. The third kappa shape index (κ3) is 6.23. The van der Waals surface area contributed by atoms with Crippen LogP contribution >= 0.6 is 11.6 Å². The molecule has 1 amide bonds. The molecule has 198 valence electrons. The Bertz CT molecular complexity index is 1390. The molecule has 1 atom stereocenters. The molecule has 1 aromatic heterocycles. The lowest BCUT2D eigenvalue weighted by Crippen LogP contribution is -2.48. The van der Waals surface area contributed by atoms with E-state index in [-0.39, 0.29) is 11.3 Å². The second kappa shape index (κ2) is 11.6. The molecule has 1 aliphatic heterocycles. The number of halogens is 1. The smallest absolute Gasteiger partial charge is 0.223 e. The molecule has 1 aliphatic rings. The van der Waals surface area contributed by atoms with Gasteiger partial charge in [0.2, 0.25) is 5.91 Å². The molecule has 0 bridgehead atoms. The predicted molar refractivity (Wildman–Crippen MR) is 154 cm³/mol. The highest BCUT2D eigenvalue weighted by Gasteiger charge is 2.39. The Morgan fingerprint density at radius 2 is 1.95 bits per heavy atom. The summed E-state index contributed by atoms with van der Waals surface area (Å²) in [6, 6.07) is 24.5. The van der Waals surface area contributed by atoms with Gasteiger partial charge >= 0.3 is 0 Å². The van der Waals surface area contributed by atoms with Crippen LogP contribution in [0.15, 0.2) is 79.0 Å². The van der Waals surface area contributed by atoms with E-state index in [2.05, 4.69) is 46.3 Å². The second-order valence-corrected chi connectivity index (χ2v) is 11.2. The molecule has 2 heterocycles. The van der Waals surface area contributed by atoms with Gasteiger partial charge in [-0.3, -0.25) is 9.69 Å². The van der Waals surface area contributed by atoms with Crippen LogP contribution in [0.2, 0.25) is 5.02 Å². The number of aromatic nitrogens is 1. The van der Waals surface area contributed by atoms with Crippen molar-refractivity contribution in [3.8, 4) is 5.75 Å². The number of carbonyl (C=O) groups is 1. The summed E-state index contributed by atoms with van der Waals surface area (Å²) in [5, 5.41) is 1.99. The fraction of sp³-hybridized carbons (Fsp3) is 0.344. The number of benzene rings is 3. The highest BCUT2D eigenvalue weighted by Crippen LogP contribution is 2.36. The van der Waals surface area contributed by atoms with Gasteiger partial charge in [-0.05, 0) is 73.3 Å². The summed E-state index contributed by atoms with van der Waals surface area (Å²) in [5.74, 6) is 0.949. The van der Waals surface area contributed by atoms with Gasteiger partial charge < -0.3 is 14.6 Å². The number of ether oxygens (including phenoxy) is 1. The molecular weight excluding hydrogens is 494 g/mol. The van der Waals surface area contributed by atoms with E-state index < -0.39 is 0 Å². The summed E-state index contributed by atoms with van der Waals surface area (Å²) in [5.41, 5.74) is 4.31. The lowest BCUT2D eigenvalue weighted by Gasteiger charge is -2.43. The van der Waals surface area contributed by atoms with Crippen molar-refractivity contribution < 1.29 is 9.53 Å². The number of amides is 1. The number of fused-ring (bicyclic) bond motifs is 1. The predicted octanol–water partition coefficient (Wildman–Crippen LogP) is 6.84. The van der Waals surface area contributed by atoms with Crippen molar-refractivity contribution >= 4 is 28.4 Å². The SMILES string of the molecule is Cc1cc(OC[C@@]2(CC(=O)N(C)Cc3ccccc3)CCCN(Cc3cccc4[nH]ccc34)C2)ccc1Cl. The number of nitrogens with one attached hydrogen (secondary N) is 1. The zero-order valence-corrected chi connectivity index (χ0v) is 23.0. The number of piperidine rings is 1. The molecule has 3 aromatic carbocycles. The first-order valence-electron chi connectivity index (χ1n) is 13.3. The molecule has 5 nitrogen and oxygen atoms in total. The molecule has 1 N–H and O–H groups in total. The van der Waals surface area contributed by atoms with Crippen LogP contribution in [-0.2, 0) is 17.9 Å². The maximum Gasteiger partial charge on any atom is 0.223 e. The van der Waals surface area contributed by atoms with Gasteiger partial charge in [0.05, 0.1) is 6.61 Å². The van der Waals surface area contributed by atoms with Crippen LogP contribution < -0.4 is 4.74 Å². The van der Waals surface area contributed by atoms with Crippen molar-refractivity contribution in [2.75, 3.05) is 26.7 Å². The molecule has 1 saturated heterocycles. The second-order valence-electron chi connectivity index (χ2n) is 10.8. The molecule has 0 radical (unpaired) electrons. The van der Waals surface area contributed by atoms with E-state index in [1.807, 2.05) is 61.5 Å². The van der Waals surface area contributed by atoms with E-state index in [9.17, 15) is 4.79 Å². The minimum Gasteiger partial charge on any atom is -0.493 e. The summed E-state index contributed by atoms with van der Waals surface area (Å²) < 4.78 is 6.38. The van der Waals surface area contributed by atoms with Gasteiger partial charge in [-0.15, -0.1) is 0 Å². The molecule has 0 unspecified atom stereocenters. The average molecular weight is 530 g/mol. The van der Waals surface area contributed by atoms with Crippen LogP contribution in [0.4, 0.5) is 0 Å². The van der Waals surface area contributed by atoms with E-state index in [0.29, 0.717) is 19.6 Å². The summed E-state index contributed by atoms with van der Waals surface area (Å²) in [6.45, 7) is 5.75. The zero-order chi connectivity index (χ0) is 26.5. The van der Waals surface area contributed by atoms with Gasteiger partial charge in [-0.2, -0.15) is 0 Å². The molecule has 38 heavy (non-hydrogen) atoms. The Kier molecular flexibility index (Phi) is 8.06. The standard InChI is InChI=1S/C32H36ClN3O2/c1-24-18-27(12-13-29(24)33)38-23-32(19-31(37)35(2)20-25-8-4-3-5-9-25)15-7-17-36(22-32)21-26-10-6-11-30-28(26)14-16-34-30/h3-6,8-14,16,18,34H,7,15,17,19-23H2,1-2H3/t32-/m1/s1. The maximum atomic E-state index is 13.6. The van der Waals surface area contributed by atoms with Crippen molar-refractivity contribution in [2.45, 2.75) is 39.3 Å². The number of likely N-dealkylation sites (tertiary alicyclic amines) is 1. The van der Waals surface area contributed by atoms with Crippen LogP contribution in [0, 0.1) is 12.3 Å². The summed E-state index contributed by atoms with van der Waals surface area (Å²) in [4.78, 5) is 21.2. The van der Waals surface area contributed by atoms with Gasteiger partial charge in [0.15, 0.2) is 0 Å².